The Bertz CT molecular complexity index is 299. The Morgan fingerprint density at radius 3 is 2.32 bits per heavy atom. The van der Waals surface area contributed by atoms with Crippen molar-refractivity contribution in [2.75, 3.05) is 13.1 Å². The van der Waals surface area contributed by atoms with Crippen LogP contribution in [0.1, 0.15) is 39.5 Å². The molecule has 110 valence electrons. The molecule has 19 heavy (non-hydrogen) atoms. The maximum absolute atomic E-state index is 11.4. The highest BCUT2D eigenvalue weighted by atomic mass is 16.5. The summed E-state index contributed by atoms with van der Waals surface area (Å²) in [6, 6.07) is -0.297. The maximum atomic E-state index is 11.4. The van der Waals surface area contributed by atoms with Crippen molar-refractivity contribution in [2.24, 2.45) is 5.92 Å². The summed E-state index contributed by atoms with van der Waals surface area (Å²) < 4.78 is 5.66. The summed E-state index contributed by atoms with van der Waals surface area (Å²) in [6.45, 7) is 4.93. The van der Waals surface area contributed by atoms with E-state index in [0.717, 1.165) is 19.3 Å². The van der Waals surface area contributed by atoms with Gasteiger partial charge in [-0.2, -0.15) is 0 Å². The topological polar surface area (TPSA) is 87.7 Å². The van der Waals surface area contributed by atoms with E-state index in [1.54, 1.807) is 0 Å². The first-order valence-electron chi connectivity index (χ1n) is 6.86. The normalized spacial score (nSPS) is 26.7. The molecule has 1 aliphatic rings. The van der Waals surface area contributed by atoms with Gasteiger partial charge in [0.25, 0.3) is 0 Å². The van der Waals surface area contributed by atoms with Gasteiger partial charge < -0.3 is 20.5 Å². The number of amides is 2. The van der Waals surface area contributed by atoms with Crippen molar-refractivity contribution in [3.8, 4) is 0 Å². The van der Waals surface area contributed by atoms with Crippen molar-refractivity contribution < 1.29 is 19.4 Å². The van der Waals surface area contributed by atoms with Crippen LogP contribution >= 0.6 is 0 Å². The summed E-state index contributed by atoms with van der Waals surface area (Å²) >= 11 is 0. The molecule has 1 fully saturated rings. The van der Waals surface area contributed by atoms with Gasteiger partial charge in [0.15, 0.2) is 0 Å². The Hall–Kier alpha value is -1.30. The molecule has 0 aromatic rings. The predicted molar refractivity (Wildman–Crippen MR) is 71.0 cm³/mol. The van der Waals surface area contributed by atoms with E-state index in [1.165, 1.54) is 0 Å². The highest BCUT2D eigenvalue weighted by Gasteiger charge is 2.23. The highest BCUT2D eigenvalue weighted by Crippen LogP contribution is 2.26. The van der Waals surface area contributed by atoms with Crippen LogP contribution in [0.2, 0.25) is 0 Å². The number of rotatable bonds is 6. The summed E-state index contributed by atoms with van der Waals surface area (Å²) in [5.74, 6) is -0.330. The van der Waals surface area contributed by atoms with E-state index in [1.807, 2.05) is 0 Å². The molecule has 1 rings (SSSR count). The fourth-order valence-electron chi connectivity index (χ4n) is 2.51. The quantitative estimate of drug-likeness (QED) is 0.681. The second kappa shape index (κ2) is 7.99. The van der Waals surface area contributed by atoms with Crippen LogP contribution in [0, 0.1) is 5.92 Å². The summed E-state index contributed by atoms with van der Waals surface area (Å²) in [7, 11) is 0. The lowest BCUT2D eigenvalue weighted by molar-refractivity contribution is -0.136. The second-order valence-electron chi connectivity index (χ2n) is 5.21. The number of carboxylic acids is 1. The zero-order chi connectivity index (χ0) is 14.3. The second-order valence-corrected chi connectivity index (χ2v) is 5.21. The van der Waals surface area contributed by atoms with Crippen LogP contribution in [-0.2, 0) is 9.53 Å². The SMILES string of the molecule is CC1CC(CCNC(=O)NCCC(=O)O)CC(C)O1. The molecule has 1 aliphatic heterocycles. The Morgan fingerprint density at radius 2 is 1.74 bits per heavy atom. The molecule has 0 saturated carbocycles. The molecule has 3 N–H and O–H groups in total. The van der Waals surface area contributed by atoms with E-state index in [-0.39, 0.29) is 31.2 Å². The third-order valence-corrected chi connectivity index (χ3v) is 3.26. The van der Waals surface area contributed by atoms with Crippen molar-refractivity contribution >= 4 is 12.0 Å². The first-order chi connectivity index (χ1) is 8.97. The van der Waals surface area contributed by atoms with Crippen LogP contribution in [0.4, 0.5) is 4.79 Å². The van der Waals surface area contributed by atoms with Gasteiger partial charge in [-0.3, -0.25) is 4.79 Å². The number of carbonyl (C=O) groups excluding carboxylic acids is 1. The summed E-state index contributed by atoms with van der Waals surface area (Å²) in [4.78, 5) is 21.6. The van der Waals surface area contributed by atoms with Gasteiger partial charge in [-0.05, 0) is 39.0 Å². The number of carbonyl (C=O) groups is 2. The van der Waals surface area contributed by atoms with Crippen molar-refractivity contribution in [3.05, 3.63) is 0 Å². The first-order valence-corrected chi connectivity index (χ1v) is 6.86. The van der Waals surface area contributed by atoms with Crippen LogP contribution in [0.3, 0.4) is 0 Å². The molecule has 0 bridgehead atoms. The molecule has 6 nitrogen and oxygen atoms in total. The average molecular weight is 272 g/mol. The zero-order valence-corrected chi connectivity index (χ0v) is 11.6. The number of ether oxygens (including phenoxy) is 1. The molecule has 0 aromatic carbocycles. The van der Waals surface area contributed by atoms with Gasteiger partial charge in [0.1, 0.15) is 0 Å². The molecule has 2 atom stereocenters. The monoisotopic (exact) mass is 272 g/mol. The van der Waals surface area contributed by atoms with Crippen LogP contribution < -0.4 is 10.6 Å². The van der Waals surface area contributed by atoms with Gasteiger partial charge in [0.2, 0.25) is 0 Å². The number of urea groups is 1. The molecular formula is C13H24N2O4. The van der Waals surface area contributed by atoms with E-state index in [4.69, 9.17) is 9.84 Å². The molecule has 6 heteroatoms. The molecule has 1 saturated heterocycles. The largest absolute Gasteiger partial charge is 0.481 e. The fourth-order valence-corrected chi connectivity index (χ4v) is 2.51. The Labute approximate surface area is 113 Å². The smallest absolute Gasteiger partial charge is 0.314 e. The summed E-state index contributed by atoms with van der Waals surface area (Å²) in [5.41, 5.74) is 0. The third-order valence-electron chi connectivity index (χ3n) is 3.26. The van der Waals surface area contributed by atoms with Crippen LogP contribution in [0.15, 0.2) is 0 Å². The van der Waals surface area contributed by atoms with E-state index < -0.39 is 5.97 Å². The molecule has 0 aliphatic carbocycles. The maximum Gasteiger partial charge on any atom is 0.314 e. The fraction of sp³-hybridized carbons (Fsp3) is 0.846. The molecule has 0 radical (unpaired) electrons. The molecule has 2 amide bonds. The van der Waals surface area contributed by atoms with Gasteiger partial charge in [0, 0.05) is 13.1 Å². The Balaban J connectivity index is 2.09. The van der Waals surface area contributed by atoms with Crippen molar-refractivity contribution in [1.82, 2.24) is 10.6 Å². The minimum atomic E-state index is -0.912. The highest BCUT2D eigenvalue weighted by molar-refractivity contribution is 5.74. The lowest BCUT2D eigenvalue weighted by Gasteiger charge is -2.32. The Kier molecular flexibility index (Phi) is 6.62. The van der Waals surface area contributed by atoms with E-state index >= 15 is 0 Å². The molecule has 0 spiro atoms. The molecular weight excluding hydrogens is 248 g/mol. The van der Waals surface area contributed by atoms with E-state index in [9.17, 15) is 9.59 Å². The zero-order valence-electron chi connectivity index (χ0n) is 11.6. The van der Waals surface area contributed by atoms with Gasteiger partial charge in [0.05, 0.1) is 18.6 Å². The number of aliphatic carboxylic acids is 1. The minimum absolute atomic E-state index is 0.0532. The number of hydrogen-bond donors (Lipinski definition) is 3. The lowest BCUT2D eigenvalue weighted by Crippen LogP contribution is -2.38. The number of hydrogen-bond acceptors (Lipinski definition) is 3. The summed E-state index contributed by atoms with van der Waals surface area (Å²) in [5, 5.41) is 13.7. The van der Waals surface area contributed by atoms with Gasteiger partial charge in [-0.15, -0.1) is 0 Å². The van der Waals surface area contributed by atoms with Crippen molar-refractivity contribution in [1.29, 1.82) is 0 Å². The molecule has 2 unspecified atom stereocenters. The van der Waals surface area contributed by atoms with Crippen LogP contribution in [0.25, 0.3) is 0 Å². The molecule has 1 heterocycles. The first kappa shape index (κ1) is 15.8. The lowest BCUT2D eigenvalue weighted by atomic mass is 9.90. The van der Waals surface area contributed by atoms with Crippen LogP contribution in [0.5, 0.6) is 0 Å². The van der Waals surface area contributed by atoms with Gasteiger partial charge in [-0.25, -0.2) is 4.79 Å². The van der Waals surface area contributed by atoms with Crippen molar-refractivity contribution in [2.45, 2.75) is 51.7 Å². The standard InChI is InChI=1S/C13H24N2O4/c1-9-7-11(8-10(2)19-9)3-5-14-13(18)15-6-4-12(16)17/h9-11H,3-8H2,1-2H3,(H,16,17)(H2,14,15,18). The minimum Gasteiger partial charge on any atom is -0.481 e. The number of carboxylic acid groups (broad SMARTS) is 1. The Morgan fingerprint density at radius 1 is 1.16 bits per heavy atom. The van der Waals surface area contributed by atoms with E-state index in [0.29, 0.717) is 12.5 Å². The van der Waals surface area contributed by atoms with Gasteiger partial charge >= 0.3 is 12.0 Å². The third kappa shape index (κ3) is 7.00. The summed E-state index contributed by atoms with van der Waals surface area (Å²) in [6.07, 6.45) is 3.53. The average Bonchev–Trinajstić information content (AvgIpc) is 2.27. The van der Waals surface area contributed by atoms with Crippen LogP contribution in [-0.4, -0.2) is 42.4 Å². The van der Waals surface area contributed by atoms with Gasteiger partial charge in [-0.1, -0.05) is 0 Å². The predicted octanol–water partition coefficient (Wildman–Crippen LogP) is 1.35. The molecule has 0 aromatic heterocycles. The number of nitrogens with one attached hydrogen (secondary N) is 2. The van der Waals surface area contributed by atoms with E-state index in [2.05, 4.69) is 24.5 Å². The van der Waals surface area contributed by atoms with Crippen molar-refractivity contribution in [3.63, 3.8) is 0 Å².